The van der Waals surface area contributed by atoms with Gasteiger partial charge in [-0.1, -0.05) is 28.1 Å². The van der Waals surface area contributed by atoms with Crippen molar-refractivity contribution < 1.29 is 13.6 Å². The van der Waals surface area contributed by atoms with Crippen LogP contribution in [0, 0.1) is 12.7 Å². The predicted octanol–water partition coefficient (Wildman–Crippen LogP) is 5.52. The van der Waals surface area contributed by atoms with E-state index in [1.807, 2.05) is 12.1 Å². The van der Waals surface area contributed by atoms with Gasteiger partial charge in [-0.2, -0.15) is 0 Å². The van der Waals surface area contributed by atoms with Crippen LogP contribution in [0.4, 0.5) is 15.9 Å². The number of pyridine rings is 1. The van der Waals surface area contributed by atoms with Gasteiger partial charge in [-0.3, -0.25) is 4.79 Å². The molecule has 0 fully saturated rings. The van der Waals surface area contributed by atoms with Crippen LogP contribution in [0.3, 0.4) is 0 Å². The number of aromatic nitrogens is 1. The Morgan fingerprint density at radius 2 is 2.00 bits per heavy atom. The molecule has 29 heavy (non-hydrogen) atoms. The predicted molar refractivity (Wildman–Crippen MR) is 112 cm³/mol. The van der Waals surface area contributed by atoms with Crippen molar-refractivity contribution in [2.24, 2.45) is 4.99 Å². The van der Waals surface area contributed by atoms with E-state index in [1.165, 1.54) is 6.07 Å². The summed E-state index contributed by atoms with van der Waals surface area (Å²) in [5.74, 6) is -0.563. The number of nitrogens with one attached hydrogen (secondary N) is 1. The minimum atomic E-state index is -0.493. The maximum atomic E-state index is 14.3. The number of hydrogen-bond donors (Lipinski definition) is 1. The van der Waals surface area contributed by atoms with Gasteiger partial charge in [-0.15, -0.1) is 0 Å². The molecule has 1 amide bonds. The van der Waals surface area contributed by atoms with Crippen molar-refractivity contribution in [3.8, 4) is 0 Å². The zero-order valence-electron chi connectivity index (χ0n) is 15.3. The van der Waals surface area contributed by atoms with Gasteiger partial charge in [0.15, 0.2) is 0 Å². The van der Waals surface area contributed by atoms with Crippen molar-refractivity contribution >= 4 is 44.3 Å². The summed E-state index contributed by atoms with van der Waals surface area (Å²) in [6, 6.07) is 16.9. The molecule has 1 N–H and O–H groups in total. The summed E-state index contributed by atoms with van der Waals surface area (Å²) in [6.07, 6.45) is 1.57. The van der Waals surface area contributed by atoms with Gasteiger partial charge in [0.1, 0.15) is 28.5 Å². The number of anilines is 1. The van der Waals surface area contributed by atoms with Crippen molar-refractivity contribution in [3.05, 3.63) is 93.8 Å². The van der Waals surface area contributed by atoms with E-state index in [1.54, 1.807) is 55.6 Å². The fourth-order valence-corrected chi connectivity index (χ4v) is 3.16. The van der Waals surface area contributed by atoms with Crippen molar-refractivity contribution in [1.82, 2.24) is 4.98 Å². The summed E-state index contributed by atoms with van der Waals surface area (Å²) in [7, 11) is 0. The quantitative estimate of drug-likeness (QED) is 0.445. The molecule has 0 atom stereocenters. The molecular weight excluding hydrogens is 437 g/mol. The number of carbonyl (C=O) groups is 1. The average molecular weight is 452 g/mol. The van der Waals surface area contributed by atoms with E-state index in [0.717, 1.165) is 10.0 Å². The molecule has 0 bridgehead atoms. The Bertz CT molecular complexity index is 1290. The lowest BCUT2D eigenvalue weighted by atomic mass is 10.1. The SMILES string of the molecule is Cc1ccc(N=c2oc3ccc(Br)cc3cc2C(=O)Nc2ccccn2)c(F)c1. The van der Waals surface area contributed by atoms with Gasteiger partial charge < -0.3 is 9.73 Å². The molecule has 4 aromatic rings. The van der Waals surface area contributed by atoms with Crippen LogP contribution < -0.4 is 10.9 Å². The first-order valence-electron chi connectivity index (χ1n) is 8.76. The number of carbonyl (C=O) groups excluding carboxylic acids is 1. The lowest BCUT2D eigenvalue weighted by Crippen LogP contribution is -2.22. The number of aryl methyl sites for hydroxylation is 1. The van der Waals surface area contributed by atoms with Crippen LogP contribution in [-0.2, 0) is 0 Å². The van der Waals surface area contributed by atoms with Crippen molar-refractivity contribution in [1.29, 1.82) is 0 Å². The van der Waals surface area contributed by atoms with E-state index in [4.69, 9.17) is 4.42 Å². The third-order valence-corrected chi connectivity index (χ3v) is 4.68. The Balaban J connectivity index is 1.89. The minimum absolute atomic E-state index is 0.0102. The number of amides is 1. The van der Waals surface area contributed by atoms with E-state index >= 15 is 0 Å². The monoisotopic (exact) mass is 451 g/mol. The second-order valence-electron chi connectivity index (χ2n) is 6.38. The number of rotatable bonds is 3. The minimum Gasteiger partial charge on any atom is -0.438 e. The highest BCUT2D eigenvalue weighted by molar-refractivity contribution is 9.10. The molecule has 0 unspecified atom stereocenters. The molecule has 0 radical (unpaired) electrons. The first-order valence-corrected chi connectivity index (χ1v) is 9.55. The second-order valence-corrected chi connectivity index (χ2v) is 7.30. The summed E-state index contributed by atoms with van der Waals surface area (Å²) < 4.78 is 21.0. The van der Waals surface area contributed by atoms with Crippen molar-refractivity contribution in [3.63, 3.8) is 0 Å². The highest BCUT2D eigenvalue weighted by Crippen LogP contribution is 2.22. The average Bonchev–Trinajstić information content (AvgIpc) is 2.70. The first-order chi connectivity index (χ1) is 14.0. The fourth-order valence-electron chi connectivity index (χ4n) is 2.78. The number of halogens is 2. The van der Waals surface area contributed by atoms with Gasteiger partial charge in [-0.25, -0.2) is 14.4 Å². The van der Waals surface area contributed by atoms with Gasteiger partial charge in [0.05, 0.1) is 0 Å². The molecule has 0 aliphatic heterocycles. The van der Waals surface area contributed by atoms with Crippen LogP contribution in [0.25, 0.3) is 11.0 Å². The normalized spacial score (nSPS) is 11.6. The molecular formula is C22H15BrFN3O2. The molecule has 2 aromatic carbocycles. The lowest BCUT2D eigenvalue weighted by Gasteiger charge is -2.07. The van der Waals surface area contributed by atoms with E-state index in [2.05, 4.69) is 31.2 Å². The van der Waals surface area contributed by atoms with E-state index in [0.29, 0.717) is 16.8 Å². The Hall–Kier alpha value is -3.32. The van der Waals surface area contributed by atoms with Crippen molar-refractivity contribution in [2.75, 3.05) is 5.32 Å². The molecule has 144 valence electrons. The molecule has 2 heterocycles. The summed E-state index contributed by atoms with van der Waals surface area (Å²) >= 11 is 3.41. The van der Waals surface area contributed by atoms with Gasteiger partial charge in [0.25, 0.3) is 5.91 Å². The highest BCUT2D eigenvalue weighted by Gasteiger charge is 2.14. The molecule has 2 aromatic heterocycles. The van der Waals surface area contributed by atoms with Crippen molar-refractivity contribution in [2.45, 2.75) is 6.92 Å². The molecule has 0 aliphatic carbocycles. The Labute approximate surface area is 174 Å². The van der Waals surface area contributed by atoms with Gasteiger partial charge >= 0.3 is 0 Å². The highest BCUT2D eigenvalue weighted by atomic mass is 79.9. The molecule has 7 heteroatoms. The number of fused-ring (bicyclic) bond motifs is 1. The van der Waals surface area contributed by atoms with Crippen LogP contribution >= 0.6 is 15.9 Å². The zero-order chi connectivity index (χ0) is 20.4. The summed E-state index contributed by atoms with van der Waals surface area (Å²) in [5.41, 5.74) is 1.56. The Kier molecular flexibility index (Phi) is 5.22. The maximum absolute atomic E-state index is 14.3. The lowest BCUT2D eigenvalue weighted by molar-refractivity contribution is 0.102. The molecule has 0 saturated carbocycles. The number of benzene rings is 2. The van der Waals surface area contributed by atoms with Crippen LogP contribution in [0.5, 0.6) is 0 Å². The molecule has 4 rings (SSSR count). The van der Waals surface area contributed by atoms with Crippen LogP contribution in [0.2, 0.25) is 0 Å². The second kappa shape index (κ2) is 7.97. The molecule has 0 spiro atoms. The topological polar surface area (TPSA) is 67.5 Å². The maximum Gasteiger partial charge on any atom is 0.262 e. The molecule has 0 aliphatic rings. The summed E-state index contributed by atoms with van der Waals surface area (Å²) in [6.45, 7) is 1.79. The van der Waals surface area contributed by atoms with Gasteiger partial charge in [0.2, 0.25) is 5.55 Å². The van der Waals surface area contributed by atoms with E-state index in [9.17, 15) is 9.18 Å². The molecule has 5 nitrogen and oxygen atoms in total. The number of hydrogen-bond acceptors (Lipinski definition) is 4. The third-order valence-electron chi connectivity index (χ3n) is 4.19. The van der Waals surface area contributed by atoms with Crippen LogP contribution in [0.1, 0.15) is 15.9 Å². The fraction of sp³-hybridized carbons (Fsp3) is 0.0455. The van der Waals surface area contributed by atoms with Crippen LogP contribution in [0.15, 0.2) is 80.7 Å². The Morgan fingerprint density at radius 3 is 2.76 bits per heavy atom. The Morgan fingerprint density at radius 1 is 1.14 bits per heavy atom. The standard InChI is InChI=1S/C22H15BrFN3O2/c1-13-5-7-18(17(24)10-13)26-22-16(21(28)27-20-4-2-3-9-25-20)12-14-11-15(23)6-8-19(14)29-22/h2-12H,1H3,(H,25,27,28). The van der Waals surface area contributed by atoms with Gasteiger partial charge in [-0.05, 0) is 61.0 Å². The summed E-state index contributed by atoms with van der Waals surface area (Å²) in [5, 5.41) is 3.41. The smallest absolute Gasteiger partial charge is 0.262 e. The third kappa shape index (κ3) is 4.25. The van der Waals surface area contributed by atoms with E-state index in [-0.39, 0.29) is 16.8 Å². The first kappa shape index (κ1) is 19.0. The molecule has 0 saturated heterocycles. The largest absolute Gasteiger partial charge is 0.438 e. The number of nitrogens with zero attached hydrogens (tertiary/aromatic N) is 2. The van der Waals surface area contributed by atoms with Crippen LogP contribution in [-0.4, -0.2) is 10.9 Å². The van der Waals surface area contributed by atoms with Gasteiger partial charge in [0, 0.05) is 16.1 Å². The van der Waals surface area contributed by atoms with E-state index < -0.39 is 11.7 Å². The zero-order valence-corrected chi connectivity index (χ0v) is 16.9. The summed E-state index contributed by atoms with van der Waals surface area (Å²) in [4.78, 5) is 21.3.